The van der Waals surface area contributed by atoms with Crippen molar-refractivity contribution in [2.45, 2.75) is 26.0 Å². The van der Waals surface area contributed by atoms with Gasteiger partial charge in [0.05, 0.1) is 6.61 Å². The molecule has 1 atom stereocenters. The summed E-state index contributed by atoms with van der Waals surface area (Å²) in [5.74, 6) is -0.389. The summed E-state index contributed by atoms with van der Waals surface area (Å²) in [6.07, 6.45) is 3.13. The zero-order valence-electron chi connectivity index (χ0n) is 18.4. The normalized spacial score (nSPS) is 11.7. The highest BCUT2D eigenvalue weighted by molar-refractivity contribution is 5.94. The monoisotopic (exact) mass is 445 g/mol. The predicted octanol–water partition coefficient (Wildman–Crippen LogP) is 4.49. The number of amides is 1. The van der Waals surface area contributed by atoms with Crippen molar-refractivity contribution in [3.05, 3.63) is 102 Å². The number of hydrogen-bond acceptors (Lipinski definition) is 4. The van der Waals surface area contributed by atoms with Gasteiger partial charge in [0.25, 0.3) is 0 Å². The van der Waals surface area contributed by atoms with Crippen LogP contribution in [0.3, 0.4) is 0 Å². The Labute approximate surface area is 193 Å². The van der Waals surface area contributed by atoms with E-state index >= 15 is 0 Å². The van der Waals surface area contributed by atoms with Gasteiger partial charge in [-0.1, -0.05) is 66.7 Å². The van der Waals surface area contributed by atoms with Gasteiger partial charge in [0.1, 0.15) is 12.6 Å². The maximum Gasteiger partial charge on any atom is 0.326 e. The average molecular weight is 446 g/mol. The van der Waals surface area contributed by atoms with Crippen molar-refractivity contribution in [1.82, 2.24) is 5.32 Å². The van der Waals surface area contributed by atoms with E-state index in [4.69, 9.17) is 9.47 Å². The molecule has 0 aromatic heterocycles. The van der Waals surface area contributed by atoms with Crippen molar-refractivity contribution in [3.63, 3.8) is 0 Å². The topological polar surface area (TPSA) is 84.9 Å². The van der Waals surface area contributed by atoms with E-state index in [1.54, 1.807) is 18.2 Å². The van der Waals surface area contributed by atoms with Gasteiger partial charge in [0.2, 0.25) is 5.91 Å². The summed E-state index contributed by atoms with van der Waals surface area (Å²) >= 11 is 0. The molecule has 170 valence electrons. The number of aliphatic carboxylic acids is 1. The molecule has 1 amide bonds. The third-order valence-corrected chi connectivity index (χ3v) is 4.83. The Morgan fingerprint density at radius 3 is 2.21 bits per heavy atom. The lowest BCUT2D eigenvalue weighted by Gasteiger charge is -2.14. The average Bonchev–Trinajstić information content (AvgIpc) is 2.83. The van der Waals surface area contributed by atoms with Crippen molar-refractivity contribution >= 4 is 18.0 Å². The number of carboxylic acid groups (broad SMARTS) is 1. The van der Waals surface area contributed by atoms with Crippen LogP contribution in [0, 0.1) is 0 Å². The summed E-state index contributed by atoms with van der Waals surface area (Å²) in [5.41, 5.74) is 2.61. The zero-order chi connectivity index (χ0) is 23.5. The maximum atomic E-state index is 12.3. The summed E-state index contributed by atoms with van der Waals surface area (Å²) in [5, 5.41) is 12.0. The van der Waals surface area contributed by atoms with E-state index in [1.165, 1.54) is 6.08 Å². The molecule has 0 aliphatic heterocycles. The molecule has 3 rings (SSSR count). The molecule has 0 saturated carbocycles. The van der Waals surface area contributed by atoms with Gasteiger partial charge in [-0.15, -0.1) is 0 Å². The summed E-state index contributed by atoms with van der Waals surface area (Å²) in [6, 6.07) is 23.4. The highest BCUT2D eigenvalue weighted by atomic mass is 16.5. The molecule has 0 fully saturated rings. The predicted molar refractivity (Wildman–Crippen MR) is 127 cm³/mol. The number of carboxylic acids is 1. The van der Waals surface area contributed by atoms with Gasteiger partial charge in [0, 0.05) is 12.5 Å². The zero-order valence-corrected chi connectivity index (χ0v) is 18.4. The van der Waals surface area contributed by atoms with E-state index in [0.717, 1.165) is 16.7 Å². The molecule has 0 spiro atoms. The molecule has 0 heterocycles. The standard InChI is InChI=1S/C27H27NO5/c1-2-32-25-18-21(13-15-24(25)33-19-22-11-7-4-8-12-22)14-16-26(29)28-23(27(30)31)17-20-9-5-3-6-10-20/h3-16,18,23H,2,17,19H2,1H3,(H,28,29)(H,30,31)/b16-14+/t23-/m0/s1. The highest BCUT2D eigenvalue weighted by Gasteiger charge is 2.19. The van der Waals surface area contributed by atoms with Gasteiger partial charge in [-0.3, -0.25) is 4.79 Å². The fourth-order valence-corrected chi connectivity index (χ4v) is 3.19. The first-order valence-corrected chi connectivity index (χ1v) is 10.7. The minimum atomic E-state index is -1.08. The van der Waals surface area contributed by atoms with Crippen molar-refractivity contribution < 1.29 is 24.2 Å². The largest absolute Gasteiger partial charge is 0.490 e. The van der Waals surface area contributed by atoms with Crippen LogP contribution in [-0.4, -0.2) is 29.6 Å². The molecule has 0 bridgehead atoms. The smallest absolute Gasteiger partial charge is 0.326 e. The van der Waals surface area contributed by atoms with E-state index in [0.29, 0.717) is 24.7 Å². The Bertz CT molecular complexity index is 1080. The number of ether oxygens (including phenoxy) is 2. The fourth-order valence-electron chi connectivity index (χ4n) is 3.19. The first kappa shape index (κ1) is 23.6. The van der Waals surface area contributed by atoms with E-state index in [-0.39, 0.29) is 6.42 Å². The summed E-state index contributed by atoms with van der Waals surface area (Å²) < 4.78 is 11.6. The SMILES string of the molecule is CCOc1cc(/C=C/C(=O)N[C@@H](Cc2ccccc2)C(=O)O)ccc1OCc1ccccc1. The van der Waals surface area contributed by atoms with Crippen LogP contribution >= 0.6 is 0 Å². The second kappa shape index (κ2) is 12.1. The Hall–Kier alpha value is -4.06. The van der Waals surface area contributed by atoms with Gasteiger partial charge in [-0.25, -0.2) is 4.79 Å². The Morgan fingerprint density at radius 1 is 0.909 bits per heavy atom. The van der Waals surface area contributed by atoms with Gasteiger partial charge >= 0.3 is 5.97 Å². The van der Waals surface area contributed by atoms with Gasteiger partial charge in [0.15, 0.2) is 11.5 Å². The Kier molecular flexibility index (Phi) is 8.65. The number of benzene rings is 3. The van der Waals surface area contributed by atoms with Crippen molar-refractivity contribution in [1.29, 1.82) is 0 Å². The third-order valence-electron chi connectivity index (χ3n) is 4.83. The molecular formula is C27H27NO5. The first-order valence-electron chi connectivity index (χ1n) is 10.7. The minimum Gasteiger partial charge on any atom is -0.490 e. The van der Waals surface area contributed by atoms with Crippen LogP contribution in [0.4, 0.5) is 0 Å². The van der Waals surface area contributed by atoms with Gasteiger partial charge < -0.3 is 19.9 Å². The van der Waals surface area contributed by atoms with Gasteiger partial charge in [-0.2, -0.15) is 0 Å². The molecule has 3 aromatic carbocycles. The van der Waals surface area contributed by atoms with E-state index in [1.807, 2.05) is 73.7 Å². The molecule has 0 aliphatic rings. The summed E-state index contributed by atoms with van der Waals surface area (Å²) in [4.78, 5) is 23.9. The van der Waals surface area contributed by atoms with E-state index in [9.17, 15) is 14.7 Å². The first-order chi connectivity index (χ1) is 16.0. The molecule has 6 heteroatoms. The summed E-state index contributed by atoms with van der Waals surface area (Å²) in [7, 11) is 0. The molecule has 2 N–H and O–H groups in total. The summed E-state index contributed by atoms with van der Waals surface area (Å²) in [6.45, 7) is 2.77. The lowest BCUT2D eigenvalue weighted by Crippen LogP contribution is -2.41. The Morgan fingerprint density at radius 2 is 1.58 bits per heavy atom. The number of nitrogens with one attached hydrogen (secondary N) is 1. The number of rotatable bonds is 11. The second-order valence-corrected chi connectivity index (χ2v) is 7.34. The molecule has 0 radical (unpaired) electrons. The fraction of sp³-hybridized carbons (Fsp3) is 0.185. The van der Waals surface area contributed by atoms with Crippen LogP contribution < -0.4 is 14.8 Å². The minimum absolute atomic E-state index is 0.206. The number of carbonyl (C=O) groups is 2. The van der Waals surface area contributed by atoms with E-state index in [2.05, 4.69) is 5.32 Å². The van der Waals surface area contributed by atoms with Crippen molar-refractivity contribution in [2.24, 2.45) is 0 Å². The van der Waals surface area contributed by atoms with E-state index < -0.39 is 17.9 Å². The molecule has 33 heavy (non-hydrogen) atoms. The second-order valence-electron chi connectivity index (χ2n) is 7.34. The number of hydrogen-bond donors (Lipinski definition) is 2. The van der Waals surface area contributed by atoms with Crippen molar-refractivity contribution in [3.8, 4) is 11.5 Å². The van der Waals surface area contributed by atoms with Crippen LogP contribution in [0.5, 0.6) is 11.5 Å². The van der Waals surface area contributed by atoms with Gasteiger partial charge in [-0.05, 0) is 41.8 Å². The Balaban J connectivity index is 1.64. The molecule has 0 aliphatic carbocycles. The molecule has 0 saturated heterocycles. The molecule has 3 aromatic rings. The highest BCUT2D eigenvalue weighted by Crippen LogP contribution is 2.29. The van der Waals surface area contributed by atoms with Crippen LogP contribution in [-0.2, 0) is 22.6 Å². The van der Waals surface area contributed by atoms with Crippen LogP contribution in [0.25, 0.3) is 6.08 Å². The van der Waals surface area contributed by atoms with Crippen LogP contribution in [0.15, 0.2) is 84.9 Å². The molecule has 0 unspecified atom stereocenters. The quantitative estimate of drug-likeness (QED) is 0.425. The maximum absolute atomic E-state index is 12.3. The number of carbonyl (C=O) groups excluding carboxylic acids is 1. The lowest BCUT2D eigenvalue weighted by molar-refractivity contribution is -0.141. The molecule has 6 nitrogen and oxygen atoms in total. The van der Waals surface area contributed by atoms with Crippen LogP contribution in [0.2, 0.25) is 0 Å². The lowest BCUT2D eigenvalue weighted by atomic mass is 10.1. The molecular weight excluding hydrogens is 418 g/mol. The third kappa shape index (κ3) is 7.54. The van der Waals surface area contributed by atoms with Crippen LogP contribution in [0.1, 0.15) is 23.6 Å². The van der Waals surface area contributed by atoms with Crippen molar-refractivity contribution in [2.75, 3.05) is 6.61 Å².